The highest BCUT2D eigenvalue weighted by Crippen LogP contribution is 2.30. The molecule has 1 N–H and O–H groups in total. The van der Waals surface area contributed by atoms with Crippen molar-refractivity contribution in [3.8, 4) is 0 Å². The molecule has 0 saturated carbocycles. The van der Waals surface area contributed by atoms with Crippen molar-refractivity contribution in [3.05, 3.63) is 27.7 Å². The summed E-state index contributed by atoms with van der Waals surface area (Å²) in [5.74, 6) is 0.700. The topological polar surface area (TPSA) is 15.3 Å². The molecule has 0 aromatic heterocycles. The maximum atomic E-state index is 6.11. The average Bonchev–Trinajstić information content (AvgIpc) is 2.48. The molecule has 0 bridgehead atoms. The van der Waals surface area contributed by atoms with E-state index in [0.717, 1.165) is 29.0 Å². The van der Waals surface area contributed by atoms with Crippen LogP contribution in [0.5, 0.6) is 0 Å². The highest BCUT2D eigenvalue weighted by molar-refractivity contribution is 9.10. The molecular formula is C16H24BrClN2. The molecule has 0 aliphatic carbocycles. The molecule has 20 heavy (non-hydrogen) atoms. The van der Waals surface area contributed by atoms with Gasteiger partial charge >= 0.3 is 0 Å². The van der Waals surface area contributed by atoms with Gasteiger partial charge in [0.25, 0.3) is 0 Å². The Morgan fingerprint density at radius 3 is 2.80 bits per heavy atom. The highest BCUT2D eigenvalue weighted by Gasteiger charge is 2.29. The van der Waals surface area contributed by atoms with Gasteiger partial charge in [0.15, 0.2) is 0 Å². The Morgan fingerprint density at radius 2 is 2.20 bits per heavy atom. The molecule has 3 unspecified atom stereocenters. The zero-order valence-electron chi connectivity index (χ0n) is 12.5. The highest BCUT2D eigenvalue weighted by atomic mass is 79.9. The minimum absolute atomic E-state index is 0.559. The smallest absolute Gasteiger partial charge is 0.0549 e. The number of nitrogens with one attached hydrogen (secondary N) is 1. The number of halogens is 2. The van der Waals surface area contributed by atoms with Crippen LogP contribution in [-0.4, -0.2) is 25.2 Å². The van der Waals surface area contributed by atoms with E-state index in [1.807, 2.05) is 6.07 Å². The van der Waals surface area contributed by atoms with Gasteiger partial charge in [0.2, 0.25) is 0 Å². The fourth-order valence-electron chi connectivity index (χ4n) is 2.83. The lowest BCUT2D eigenvalue weighted by atomic mass is 9.94. The van der Waals surface area contributed by atoms with Crippen molar-refractivity contribution in [3.63, 3.8) is 0 Å². The SMILES string of the molecule is CCC(C)C1CN(c2ccc(Cl)c(Br)c2)C(CC)CN1. The molecule has 2 nitrogen and oxygen atoms in total. The first-order chi connectivity index (χ1) is 9.56. The van der Waals surface area contributed by atoms with Gasteiger partial charge in [-0.1, -0.05) is 38.8 Å². The summed E-state index contributed by atoms with van der Waals surface area (Å²) >= 11 is 9.65. The Bertz CT molecular complexity index is 452. The number of nitrogens with zero attached hydrogens (tertiary/aromatic N) is 1. The van der Waals surface area contributed by atoms with E-state index in [0.29, 0.717) is 18.0 Å². The minimum atomic E-state index is 0.559. The summed E-state index contributed by atoms with van der Waals surface area (Å²) in [6.45, 7) is 8.99. The average molecular weight is 360 g/mol. The van der Waals surface area contributed by atoms with Crippen molar-refractivity contribution in [2.24, 2.45) is 5.92 Å². The number of hydrogen-bond acceptors (Lipinski definition) is 2. The third-order valence-corrected chi connectivity index (χ3v) is 5.70. The first kappa shape index (κ1) is 16.1. The Morgan fingerprint density at radius 1 is 1.45 bits per heavy atom. The summed E-state index contributed by atoms with van der Waals surface area (Å²) in [5, 5.41) is 4.49. The van der Waals surface area contributed by atoms with Crippen molar-refractivity contribution >= 4 is 33.2 Å². The molecule has 1 aromatic rings. The Kier molecular flexibility index (Phi) is 5.76. The summed E-state index contributed by atoms with van der Waals surface area (Å²) in [5.41, 5.74) is 1.27. The lowest BCUT2D eigenvalue weighted by Gasteiger charge is -2.43. The summed E-state index contributed by atoms with van der Waals surface area (Å²) in [6.07, 6.45) is 2.37. The maximum Gasteiger partial charge on any atom is 0.0549 e. The molecule has 112 valence electrons. The van der Waals surface area contributed by atoms with E-state index in [2.05, 4.69) is 59.1 Å². The summed E-state index contributed by atoms with van der Waals surface area (Å²) in [6, 6.07) is 7.38. The molecular weight excluding hydrogens is 336 g/mol. The monoisotopic (exact) mass is 358 g/mol. The van der Waals surface area contributed by atoms with E-state index in [9.17, 15) is 0 Å². The first-order valence-corrected chi connectivity index (χ1v) is 8.69. The zero-order chi connectivity index (χ0) is 14.7. The van der Waals surface area contributed by atoms with Crippen LogP contribution in [0.15, 0.2) is 22.7 Å². The molecule has 3 atom stereocenters. The van der Waals surface area contributed by atoms with Crippen molar-refractivity contribution in [2.75, 3.05) is 18.0 Å². The van der Waals surface area contributed by atoms with Crippen LogP contribution in [0.1, 0.15) is 33.6 Å². The fraction of sp³-hybridized carbons (Fsp3) is 0.625. The molecule has 1 aromatic carbocycles. The lowest BCUT2D eigenvalue weighted by molar-refractivity contribution is 0.306. The van der Waals surface area contributed by atoms with Crippen LogP contribution in [0.25, 0.3) is 0 Å². The van der Waals surface area contributed by atoms with Crippen molar-refractivity contribution in [1.82, 2.24) is 5.32 Å². The molecule has 1 aliphatic rings. The number of benzene rings is 1. The molecule has 1 saturated heterocycles. The van der Waals surface area contributed by atoms with E-state index in [1.54, 1.807) is 0 Å². The summed E-state index contributed by atoms with van der Waals surface area (Å²) in [7, 11) is 0. The maximum absolute atomic E-state index is 6.11. The predicted octanol–water partition coefficient (Wildman–Crippen LogP) is 4.71. The second kappa shape index (κ2) is 7.15. The summed E-state index contributed by atoms with van der Waals surface area (Å²) < 4.78 is 0.977. The van der Waals surface area contributed by atoms with Gasteiger partial charge in [0, 0.05) is 35.3 Å². The Hall–Kier alpha value is -0.250. The van der Waals surface area contributed by atoms with Crippen LogP contribution in [0.2, 0.25) is 5.02 Å². The molecule has 2 rings (SSSR count). The van der Waals surface area contributed by atoms with E-state index in [-0.39, 0.29) is 0 Å². The second-order valence-electron chi connectivity index (χ2n) is 5.71. The fourth-order valence-corrected chi connectivity index (χ4v) is 3.32. The van der Waals surface area contributed by atoms with Gasteiger partial charge in [-0.3, -0.25) is 0 Å². The Labute approximate surface area is 136 Å². The zero-order valence-corrected chi connectivity index (χ0v) is 14.8. The van der Waals surface area contributed by atoms with Gasteiger partial charge in [0.05, 0.1) is 5.02 Å². The van der Waals surface area contributed by atoms with E-state index < -0.39 is 0 Å². The number of rotatable bonds is 4. The summed E-state index contributed by atoms with van der Waals surface area (Å²) in [4.78, 5) is 2.54. The van der Waals surface area contributed by atoms with Gasteiger partial charge in [-0.2, -0.15) is 0 Å². The molecule has 0 amide bonds. The quantitative estimate of drug-likeness (QED) is 0.838. The van der Waals surface area contributed by atoms with E-state index >= 15 is 0 Å². The Balaban J connectivity index is 2.22. The minimum Gasteiger partial charge on any atom is -0.366 e. The van der Waals surface area contributed by atoms with Crippen LogP contribution in [0.4, 0.5) is 5.69 Å². The van der Waals surface area contributed by atoms with Crippen LogP contribution in [0.3, 0.4) is 0 Å². The molecule has 0 radical (unpaired) electrons. The third kappa shape index (κ3) is 3.49. The molecule has 4 heteroatoms. The number of hydrogen-bond donors (Lipinski definition) is 1. The molecule has 1 fully saturated rings. The van der Waals surface area contributed by atoms with E-state index in [4.69, 9.17) is 11.6 Å². The van der Waals surface area contributed by atoms with Crippen LogP contribution >= 0.6 is 27.5 Å². The van der Waals surface area contributed by atoms with Gasteiger partial charge < -0.3 is 10.2 Å². The number of anilines is 1. The molecule has 0 spiro atoms. The van der Waals surface area contributed by atoms with Gasteiger partial charge in [-0.05, 0) is 46.5 Å². The standard InChI is InChI=1S/C16H24BrClN2/c1-4-11(3)16-10-20(12(5-2)9-19-16)13-6-7-15(18)14(17)8-13/h6-8,11-12,16,19H,4-5,9-10H2,1-3H3. The molecule has 1 aliphatic heterocycles. The van der Waals surface area contributed by atoms with E-state index in [1.165, 1.54) is 12.1 Å². The van der Waals surface area contributed by atoms with Crippen LogP contribution < -0.4 is 10.2 Å². The molecule has 1 heterocycles. The van der Waals surface area contributed by atoms with Gasteiger partial charge in [0.1, 0.15) is 0 Å². The van der Waals surface area contributed by atoms with Crippen LogP contribution in [-0.2, 0) is 0 Å². The first-order valence-electron chi connectivity index (χ1n) is 7.51. The number of piperazine rings is 1. The lowest BCUT2D eigenvalue weighted by Crippen LogP contribution is -2.58. The van der Waals surface area contributed by atoms with Crippen molar-refractivity contribution < 1.29 is 0 Å². The normalized spacial score (nSPS) is 24.8. The van der Waals surface area contributed by atoms with Crippen molar-refractivity contribution in [2.45, 2.75) is 45.7 Å². The van der Waals surface area contributed by atoms with Gasteiger partial charge in [-0.15, -0.1) is 0 Å². The van der Waals surface area contributed by atoms with Crippen LogP contribution in [0, 0.1) is 5.92 Å². The van der Waals surface area contributed by atoms with Gasteiger partial charge in [-0.25, -0.2) is 0 Å². The van der Waals surface area contributed by atoms with Crippen molar-refractivity contribution in [1.29, 1.82) is 0 Å². The third-order valence-electron chi connectivity index (χ3n) is 4.49. The second-order valence-corrected chi connectivity index (χ2v) is 6.97. The largest absolute Gasteiger partial charge is 0.366 e. The predicted molar refractivity (Wildman–Crippen MR) is 91.8 cm³/mol.